The maximum atomic E-state index is 13.5. The van der Waals surface area contributed by atoms with Gasteiger partial charge in [-0.15, -0.1) is 0 Å². The van der Waals surface area contributed by atoms with Gasteiger partial charge in [-0.2, -0.15) is 0 Å². The van der Waals surface area contributed by atoms with Crippen molar-refractivity contribution in [3.63, 3.8) is 0 Å². The Morgan fingerprint density at radius 3 is 2.74 bits per heavy atom. The number of pyridine rings is 1. The zero-order valence-corrected chi connectivity index (χ0v) is 18.3. The second-order valence-electron chi connectivity index (χ2n) is 7.10. The lowest BCUT2D eigenvalue weighted by Gasteiger charge is -2.20. The van der Waals surface area contributed by atoms with Crippen LogP contribution in [0.5, 0.6) is 0 Å². The van der Waals surface area contributed by atoms with Gasteiger partial charge in [0.05, 0.1) is 32.3 Å². The maximum Gasteiger partial charge on any atom is 0.270 e. The molecule has 156 valence electrons. The van der Waals surface area contributed by atoms with Crippen molar-refractivity contribution in [1.82, 2.24) is 9.97 Å². The number of anilines is 1. The number of aromatic nitrogens is 2. The van der Waals surface area contributed by atoms with Crippen LogP contribution in [0.15, 0.2) is 54.9 Å². The van der Waals surface area contributed by atoms with Gasteiger partial charge in [0.15, 0.2) is 5.13 Å². The zero-order valence-electron chi connectivity index (χ0n) is 16.7. The summed E-state index contributed by atoms with van der Waals surface area (Å²) in [6, 6.07) is 11.5. The summed E-state index contributed by atoms with van der Waals surface area (Å²) in [5.41, 5.74) is 3.58. The molecule has 0 aliphatic heterocycles. The Balaban J connectivity index is 1.84. The molecule has 0 radical (unpaired) electrons. The zero-order chi connectivity index (χ0) is 22.1. The van der Waals surface area contributed by atoms with Crippen molar-refractivity contribution in [3.8, 4) is 0 Å². The Morgan fingerprint density at radius 1 is 1.23 bits per heavy atom. The van der Waals surface area contributed by atoms with Crippen LogP contribution in [-0.2, 0) is 6.54 Å². The first-order valence-corrected chi connectivity index (χ1v) is 10.6. The van der Waals surface area contributed by atoms with Crippen LogP contribution in [0.25, 0.3) is 10.2 Å². The molecule has 7 nitrogen and oxygen atoms in total. The number of halogens is 1. The van der Waals surface area contributed by atoms with E-state index in [-0.39, 0.29) is 22.8 Å². The molecule has 0 saturated carbocycles. The fourth-order valence-electron chi connectivity index (χ4n) is 3.31. The van der Waals surface area contributed by atoms with Gasteiger partial charge < -0.3 is 0 Å². The number of hydrogen-bond donors (Lipinski definition) is 0. The molecular weight excluding hydrogens is 436 g/mol. The van der Waals surface area contributed by atoms with Gasteiger partial charge in [-0.25, -0.2) is 4.98 Å². The van der Waals surface area contributed by atoms with E-state index < -0.39 is 10.8 Å². The Kier molecular flexibility index (Phi) is 5.67. The lowest BCUT2D eigenvalue weighted by Crippen LogP contribution is -2.30. The van der Waals surface area contributed by atoms with Crippen molar-refractivity contribution in [1.29, 1.82) is 0 Å². The van der Waals surface area contributed by atoms with E-state index in [2.05, 4.69) is 4.98 Å². The lowest BCUT2D eigenvalue weighted by molar-refractivity contribution is -0.384. The Labute approximate surface area is 187 Å². The number of aryl methyl sites for hydroxylation is 2. The van der Waals surface area contributed by atoms with Crippen LogP contribution in [0.3, 0.4) is 0 Å². The quantitative estimate of drug-likeness (QED) is 0.285. The highest BCUT2D eigenvalue weighted by atomic mass is 35.5. The number of rotatable bonds is 5. The summed E-state index contributed by atoms with van der Waals surface area (Å²) in [5, 5.41) is 11.8. The molecule has 0 bridgehead atoms. The summed E-state index contributed by atoms with van der Waals surface area (Å²) in [7, 11) is 0. The number of amides is 1. The average molecular weight is 453 g/mol. The van der Waals surface area contributed by atoms with Gasteiger partial charge in [-0.3, -0.25) is 24.8 Å². The predicted octanol–water partition coefficient (Wildman–Crippen LogP) is 5.72. The first-order valence-electron chi connectivity index (χ1n) is 9.36. The van der Waals surface area contributed by atoms with Gasteiger partial charge in [-0.1, -0.05) is 35.1 Å². The molecule has 0 unspecified atom stereocenters. The molecule has 2 aromatic carbocycles. The number of carbonyl (C=O) groups excluding carboxylic acids is 1. The Morgan fingerprint density at radius 2 is 2.03 bits per heavy atom. The third-order valence-corrected chi connectivity index (χ3v) is 6.10. The number of non-ortho nitro benzene ring substituents is 1. The van der Waals surface area contributed by atoms with E-state index in [9.17, 15) is 14.9 Å². The van der Waals surface area contributed by atoms with Gasteiger partial charge in [0.1, 0.15) is 0 Å². The Bertz CT molecular complexity index is 1310. The van der Waals surface area contributed by atoms with Crippen LogP contribution in [0, 0.1) is 24.0 Å². The fourth-order valence-corrected chi connectivity index (χ4v) is 4.65. The van der Waals surface area contributed by atoms with Gasteiger partial charge in [0.2, 0.25) is 0 Å². The molecule has 2 heterocycles. The highest BCUT2D eigenvalue weighted by molar-refractivity contribution is 7.22. The topological polar surface area (TPSA) is 89.2 Å². The van der Waals surface area contributed by atoms with E-state index in [0.29, 0.717) is 5.13 Å². The van der Waals surface area contributed by atoms with E-state index in [1.807, 2.05) is 32.0 Å². The molecule has 4 aromatic rings. The SMILES string of the molecule is Cc1cc(C)c2nc(N(Cc3cccnc3)C(=O)c3cc([N+](=O)[O-])ccc3Cl)sc2c1. The molecule has 0 N–H and O–H groups in total. The van der Waals surface area contributed by atoms with Gasteiger partial charge in [0, 0.05) is 24.5 Å². The van der Waals surface area contributed by atoms with Crippen molar-refractivity contribution in [2.45, 2.75) is 20.4 Å². The largest absolute Gasteiger partial charge is 0.279 e. The second-order valence-corrected chi connectivity index (χ2v) is 8.52. The highest BCUT2D eigenvalue weighted by Gasteiger charge is 2.26. The van der Waals surface area contributed by atoms with Gasteiger partial charge >= 0.3 is 0 Å². The number of benzene rings is 2. The molecule has 0 spiro atoms. The monoisotopic (exact) mass is 452 g/mol. The number of thiazole rings is 1. The van der Waals surface area contributed by atoms with Crippen LogP contribution < -0.4 is 4.90 Å². The number of hydrogen-bond acceptors (Lipinski definition) is 6. The lowest BCUT2D eigenvalue weighted by atomic mass is 10.1. The average Bonchev–Trinajstić information content (AvgIpc) is 3.16. The normalized spacial score (nSPS) is 10.9. The van der Waals surface area contributed by atoms with Crippen molar-refractivity contribution in [3.05, 3.63) is 92.2 Å². The summed E-state index contributed by atoms with van der Waals surface area (Å²) < 4.78 is 0.960. The standard InChI is InChI=1S/C22H17ClN4O3S/c1-13-8-14(2)20-19(9-13)31-22(25-20)26(12-15-4-3-7-24-11-15)21(28)17-10-16(27(29)30)5-6-18(17)23/h3-11H,12H2,1-2H3. The molecule has 0 fully saturated rings. The van der Waals surface area contributed by atoms with E-state index in [1.54, 1.807) is 18.5 Å². The number of nitrogens with zero attached hydrogens (tertiary/aromatic N) is 4. The van der Waals surface area contributed by atoms with Crippen LogP contribution in [0.2, 0.25) is 5.02 Å². The van der Waals surface area contributed by atoms with E-state index >= 15 is 0 Å². The molecular formula is C22H17ClN4O3S. The molecule has 0 aliphatic carbocycles. The first-order chi connectivity index (χ1) is 14.8. The van der Waals surface area contributed by atoms with Crippen LogP contribution in [0.4, 0.5) is 10.8 Å². The van der Waals surface area contributed by atoms with Gasteiger partial charge in [-0.05, 0) is 48.7 Å². The fraction of sp³-hybridized carbons (Fsp3) is 0.136. The summed E-state index contributed by atoms with van der Waals surface area (Å²) in [4.78, 5) is 34.5. The Hall–Kier alpha value is -3.36. The smallest absolute Gasteiger partial charge is 0.270 e. The van der Waals surface area contributed by atoms with E-state index in [4.69, 9.17) is 16.6 Å². The minimum Gasteiger partial charge on any atom is -0.279 e. The molecule has 2 aromatic heterocycles. The molecule has 1 amide bonds. The molecule has 4 rings (SSSR count). The van der Waals surface area contributed by atoms with Crippen molar-refractivity contribution < 1.29 is 9.72 Å². The molecule has 0 atom stereocenters. The van der Waals surface area contributed by atoms with E-state index in [0.717, 1.165) is 26.9 Å². The second kappa shape index (κ2) is 8.41. The highest BCUT2D eigenvalue weighted by Crippen LogP contribution is 2.34. The minimum atomic E-state index is -0.553. The minimum absolute atomic E-state index is 0.0481. The summed E-state index contributed by atoms with van der Waals surface area (Å²) >= 11 is 7.64. The summed E-state index contributed by atoms with van der Waals surface area (Å²) in [5.74, 6) is -0.467. The van der Waals surface area contributed by atoms with Crippen LogP contribution in [-0.4, -0.2) is 20.8 Å². The number of carbonyl (C=O) groups is 1. The molecule has 9 heteroatoms. The summed E-state index contributed by atoms with van der Waals surface area (Å²) in [6.45, 7) is 4.18. The number of fused-ring (bicyclic) bond motifs is 1. The third kappa shape index (κ3) is 4.26. The van der Waals surface area contributed by atoms with E-state index in [1.165, 1.54) is 34.4 Å². The first kappa shape index (κ1) is 20.9. The molecule has 31 heavy (non-hydrogen) atoms. The van der Waals surface area contributed by atoms with Crippen LogP contribution >= 0.6 is 22.9 Å². The van der Waals surface area contributed by atoms with Crippen molar-refractivity contribution in [2.24, 2.45) is 0 Å². The molecule has 0 saturated heterocycles. The van der Waals surface area contributed by atoms with Crippen LogP contribution in [0.1, 0.15) is 27.0 Å². The van der Waals surface area contributed by atoms with Crippen molar-refractivity contribution >= 4 is 49.9 Å². The van der Waals surface area contributed by atoms with Crippen molar-refractivity contribution in [2.75, 3.05) is 4.90 Å². The third-order valence-electron chi connectivity index (χ3n) is 4.75. The molecule has 0 aliphatic rings. The predicted molar refractivity (Wildman–Crippen MR) is 122 cm³/mol. The number of nitro groups is 1. The summed E-state index contributed by atoms with van der Waals surface area (Å²) in [6.07, 6.45) is 3.31. The van der Waals surface area contributed by atoms with Gasteiger partial charge in [0.25, 0.3) is 11.6 Å². The maximum absolute atomic E-state index is 13.5. The number of nitro benzene ring substituents is 1.